The van der Waals surface area contributed by atoms with Crippen molar-refractivity contribution in [2.24, 2.45) is 11.8 Å². The number of benzene rings is 2. The van der Waals surface area contributed by atoms with Gasteiger partial charge in [-0.1, -0.05) is 29.8 Å². The zero-order valence-electron chi connectivity index (χ0n) is 24.6. The van der Waals surface area contributed by atoms with Crippen LogP contribution in [0.2, 0.25) is 5.02 Å². The first-order valence-electron chi connectivity index (χ1n) is 14.9. The number of aliphatic carboxylic acids is 1. The molecular formula is C34H31ClFN3O7. The third kappa shape index (κ3) is 6.51. The first kappa shape index (κ1) is 31.4. The monoisotopic (exact) mass is 647 g/mol. The number of pyridine rings is 1. The van der Waals surface area contributed by atoms with Gasteiger partial charge in [0, 0.05) is 47.6 Å². The van der Waals surface area contributed by atoms with Crippen molar-refractivity contribution in [1.82, 2.24) is 10.3 Å². The molecule has 2 unspecified atom stereocenters. The fourth-order valence-electron chi connectivity index (χ4n) is 6.11. The van der Waals surface area contributed by atoms with Gasteiger partial charge in [-0.15, -0.1) is 0 Å². The molecule has 10 nitrogen and oxygen atoms in total. The number of carboxylic acid groups (broad SMARTS) is 1. The lowest BCUT2D eigenvalue weighted by Gasteiger charge is -2.29. The molecule has 12 heteroatoms. The number of carboxylic acids is 1. The van der Waals surface area contributed by atoms with Crippen LogP contribution in [0.3, 0.4) is 0 Å². The molecule has 1 aliphatic heterocycles. The molecule has 2 heterocycles. The lowest BCUT2D eigenvalue weighted by Crippen LogP contribution is -2.39. The van der Waals surface area contributed by atoms with Gasteiger partial charge >= 0.3 is 5.97 Å². The molecule has 2 aromatic carbocycles. The highest BCUT2D eigenvalue weighted by Crippen LogP contribution is 2.48. The molecule has 3 N–H and O–H groups in total. The summed E-state index contributed by atoms with van der Waals surface area (Å²) < 4.78 is 39.3. The van der Waals surface area contributed by atoms with E-state index in [4.69, 9.17) is 30.5 Å². The van der Waals surface area contributed by atoms with Crippen molar-refractivity contribution in [2.45, 2.75) is 38.1 Å². The van der Waals surface area contributed by atoms with Crippen molar-refractivity contribution in [3.63, 3.8) is 0 Å². The molecule has 3 aromatic rings. The molecule has 1 fully saturated rings. The number of allylic oxidation sites excluding steroid dienone is 3. The Bertz CT molecular complexity index is 1740. The molecule has 4 atom stereocenters. The SMILES string of the molecule is N#Cc1cncc(COc2cc(O[C@H]3CCC4C(c5ccc6c(c5F)OCCO6)=CC=CC43)c(Cl)cc2CN[C@@H](CO)C(=O)O)c1. The molecule has 0 bridgehead atoms. The van der Waals surface area contributed by atoms with Crippen molar-refractivity contribution in [2.75, 3.05) is 19.8 Å². The summed E-state index contributed by atoms with van der Waals surface area (Å²) in [7, 11) is 0. The molecule has 0 spiro atoms. The second-order valence-corrected chi connectivity index (χ2v) is 11.6. The van der Waals surface area contributed by atoms with Gasteiger partial charge in [0.15, 0.2) is 17.3 Å². The van der Waals surface area contributed by atoms with Gasteiger partial charge in [0.2, 0.25) is 0 Å². The normalized spacial score (nSPS) is 20.3. The first-order valence-corrected chi connectivity index (χ1v) is 15.2. The van der Waals surface area contributed by atoms with Crippen LogP contribution in [0.1, 0.15) is 35.1 Å². The van der Waals surface area contributed by atoms with E-state index in [0.717, 1.165) is 12.0 Å². The van der Waals surface area contributed by atoms with Crippen LogP contribution >= 0.6 is 11.6 Å². The summed E-state index contributed by atoms with van der Waals surface area (Å²) in [5, 5.41) is 31.1. The van der Waals surface area contributed by atoms with Crippen LogP contribution < -0.4 is 24.3 Å². The van der Waals surface area contributed by atoms with E-state index in [0.29, 0.717) is 64.2 Å². The van der Waals surface area contributed by atoms with Crippen molar-refractivity contribution < 1.29 is 38.3 Å². The Balaban J connectivity index is 1.23. The summed E-state index contributed by atoms with van der Waals surface area (Å²) >= 11 is 6.71. The number of hydrogen-bond acceptors (Lipinski definition) is 9. The second-order valence-electron chi connectivity index (χ2n) is 11.2. The predicted molar refractivity (Wildman–Crippen MR) is 165 cm³/mol. The number of rotatable bonds is 11. The fourth-order valence-corrected chi connectivity index (χ4v) is 6.34. The first-order chi connectivity index (χ1) is 22.4. The predicted octanol–water partition coefficient (Wildman–Crippen LogP) is 5.06. The lowest BCUT2D eigenvalue weighted by molar-refractivity contribution is -0.140. The second kappa shape index (κ2) is 13.8. The van der Waals surface area contributed by atoms with Crippen LogP contribution in [0.5, 0.6) is 23.0 Å². The van der Waals surface area contributed by atoms with Crippen molar-refractivity contribution in [1.29, 1.82) is 5.26 Å². The maximum atomic E-state index is 15.6. The van der Waals surface area contributed by atoms with Crippen molar-refractivity contribution in [3.8, 4) is 29.1 Å². The van der Waals surface area contributed by atoms with E-state index in [1.165, 1.54) is 6.20 Å². The number of halogens is 2. The molecule has 0 radical (unpaired) electrons. The summed E-state index contributed by atoms with van der Waals surface area (Å²) in [5.74, 6) is -0.371. The van der Waals surface area contributed by atoms with Gasteiger partial charge in [0.1, 0.15) is 49.5 Å². The Morgan fingerprint density at radius 1 is 1.20 bits per heavy atom. The number of carbonyl (C=O) groups is 1. The minimum absolute atomic E-state index is 0.0105. The van der Waals surface area contributed by atoms with Gasteiger partial charge in [-0.3, -0.25) is 15.1 Å². The molecule has 0 saturated heterocycles. The van der Waals surface area contributed by atoms with Crippen LogP contribution in [-0.4, -0.2) is 53.1 Å². The minimum atomic E-state index is -1.20. The summed E-state index contributed by atoms with van der Waals surface area (Å²) in [5.41, 5.74) is 2.94. The van der Waals surface area contributed by atoms with Gasteiger partial charge in [0.05, 0.1) is 17.2 Å². The average Bonchev–Trinajstić information content (AvgIpc) is 3.48. The maximum Gasteiger partial charge on any atom is 0.323 e. The zero-order chi connectivity index (χ0) is 32.2. The number of ether oxygens (including phenoxy) is 4. The van der Waals surface area contributed by atoms with E-state index in [2.05, 4.69) is 16.4 Å². The third-order valence-electron chi connectivity index (χ3n) is 8.36. The highest BCUT2D eigenvalue weighted by molar-refractivity contribution is 6.32. The minimum Gasteiger partial charge on any atom is -0.488 e. The molecule has 238 valence electrons. The Kier molecular flexibility index (Phi) is 9.40. The Morgan fingerprint density at radius 2 is 2.04 bits per heavy atom. The van der Waals surface area contributed by atoms with Crippen LogP contribution in [0.25, 0.3) is 5.57 Å². The molecule has 3 aliphatic rings. The number of aromatic nitrogens is 1. The fraction of sp³-hybridized carbons (Fsp3) is 0.324. The summed E-state index contributed by atoms with van der Waals surface area (Å²) in [6.45, 7) is 0.184. The van der Waals surface area contributed by atoms with Crippen LogP contribution in [0.15, 0.2) is 61.0 Å². The molecule has 1 saturated carbocycles. The largest absolute Gasteiger partial charge is 0.488 e. The molecule has 46 heavy (non-hydrogen) atoms. The summed E-state index contributed by atoms with van der Waals surface area (Å²) in [6, 6.07) is 9.30. The van der Waals surface area contributed by atoms with Crippen LogP contribution in [-0.2, 0) is 17.9 Å². The molecule has 2 aliphatic carbocycles. The molecule has 0 amide bonds. The Hall–Kier alpha value is -4.63. The smallest absolute Gasteiger partial charge is 0.323 e. The number of nitrogens with zero attached hydrogens (tertiary/aromatic N) is 2. The standard InChI is InChI=1S/C34H31ClFN3O7/c35-26-11-21(16-39-27(17-40)34(41)42)30(45-18-20-10-19(13-37)14-38-15-20)12-31(26)46-28-6-4-23-22(2-1-3-24(23)28)25-5-7-29-33(32(25)36)44-9-8-43-29/h1-3,5,7,10-12,14-15,23-24,27-28,39-40H,4,6,8-9,16-18H2,(H,41,42)/t23?,24?,27-,28-/m0/s1. The van der Waals surface area contributed by atoms with Gasteiger partial charge in [-0.25, -0.2) is 4.39 Å². The summed E-state index contributed by atoms with van der Waals surface area (Å²) in [4.78, 5) is 15.5. The lowest BCUT2D eigenvalue weighted by atomic mass is 9.80. The van der Waals surface area contributed by atoms with E-state index in [-0.39, 0.29) is 36.8 Å². The Labute approximate surface area is 269 Å². The Morgan fingerprint density at radius 3 is 2.85 bits per heavy atom. The highest BCUT2D eigenvalue weighted by Gasteiger charge is 2.41. The topological polar surface area (TPSA) is 143 Å². The summed E-state index contributed by atoms with van der Waals surface area (Å²) in [6.07, 6.45) is 10.2. The number of aliphatic hydroxyl groups is 1. The average molecular weight is 648 g/mol. The molecule has 1 aromatic heterocycles. The molecular weight excluding hydrogens is 617 g/mol. The van der Waals surface area contributed by atoms with Gasteiger partial charge in [-0.05, 0) is 48.6 Å². The van der Waals surface area contributed by atoms with E-state index in [1.54, 1.807) is 36.5 Å². The van der Waals surface area contributed by atoms with Gasteiger partial charge in [0.25, 0.3) is 0 Å². The zero-order valence-corrected chi connectivity index (χ0v) is 25.4. The van der Waals surface area contributed by atoms with E-state index in [9.17, 15) is 20.3 Å². The number of hydrogen-bond donors (Lipinski definition) is 3. The number of nitriles is 1. The number of nitrogens with one attached hydrogen (secondary N) is 1. The van der Waals surface area contributed by atoms with Crippen LogP contribution in [0, 0.1) is 29.0 Å². The van der Waals surface area contributed by atoms with Crippen molar-refractivity contribution >= 4 is 23.1 Å². The van der Waals surface area contributed by atoms with E-state index in [1.807, 2.05) is 18.2 Å². The van der Waals surface area contributed by atoms with Gasteiger partial charge in [-0.2, -0.15) is 5.26 Å². The number of fused-ring (bicyclic) bond motifs is 2. The van der Waals surface area contributed by atoms with Crippen LogP contribution in [0.4, 0.5) is 4.39 Å². The quantitative estimate of drug-likeness (QED) is 0.258. The molecule has 6 rings (SSSR count). The van der Waals surface area contributed by atoms with Crippen molar-refractivity contribution in [3.05, 3.63) is 94.0 Å². The number of aliphatic hydroxyl groups excluding tert-OH is 1. The maximum absolute atomic E-state index is 15.6. The highest BCUT2D eigenvalue weighted by atomic mass is 35.5. The van der Waals surface area contributed by atoms with E-state index >= 15 is 4.39 Å². The van der Waals surface area contributed by atoms with E-state index < -0.39 is 24.4 Å². The third-order valence-corrected chi connectivity index (χ3v) is 8.65. The van der Waals surface area contributed by atoms with Gasteiger partial charge < -0.3 is 29.2 Å².